The molecule has 1 aliphatic carbocycles. The summed E-state index contributed by atoms with van der Waals surface area (Å²) < 4.78 is 11.4. The van der Waals surface area contributed by atoms with Gasteiger partial charge < -0.3 is 5.32 Å². The molecular formula is C16H32N2OS. The third-order valence-electron chi connectivity index (χ3n) is 5.32. The van der Waals surface area contributed by atoms with Crippen molar-refractivity contribution in [2.75, 3.05) is 25.1 Å². The Labute approximate surface area is 127 Å². The summed E-state index contributed by atoms with van der Waals surface area (Å²) in [6, 6.07) is 1.17. The van der Waals surface area contributed by atoms with Gasteiger partial charge in [-0.3, -0.25) is 9.11 Å². The van der Waals surface area contributed by atoms with E-state index in [0.717, 1.165) is 18.7 Å². The average molecular weight is 301 g/mol. The summed E-state index contributed by atoms with van der Waals surface area (Å²) in [6.45, 7) is 9.30. The number of nitrogens with zero attached hydrogens (tertiary/aromatic N) is 1. The van der Waals surface area contributed by atoms with E-state index in [1.165, 1.54) is 32.2 Å². The second kappa shape index (κ2) is 6.89. The fourth-order valence-corrected chi connectivity index (χ4v) is 4.62. The first-order chi connectivity index (χ1) is 9.43. The molecule has 4 heteroatoms. The number of hydrogen-bond acceptors (Lipinski definition) is 3. The molecule has 1 saturated carbocycles. The van der Waals surface area contributed by atoms with Crippen LogP contribution in [0.4, 0.5) is 0 Å². The predicted molar refractivity (Wildman–Crippen MR) is 87.5 cm³/mol. The van der Waals surface area contributed by atoms with Crippen molar-refractivity contribution in [2.24, 2.45) is 5.92 Å². The Morgan fingerprint density at radius 3 is 2.50 bits per heavy atom. The fourth-order valence-electron chi connectivity index (χ4n) is 3.95. The number of hydrogen-bond donors (Lipinski definition) is 1. The van der Waals surface area contributed by atoms with Crippen LogP contribution in [0.1, 0.15) is 52.9 Å². The Morgan fingerprint density at radius 2 is 1.95 bits per heavy atom. The molecule has 0 radical (unpaired) electrons. The lowest BCUT2D eigenvalue weighted by Crippen LogP contribution is -2.66. The van der Waals surface area contributed by atoms with Crippen molar-refractivity contribution >= 4 is 10.8 Å². The summed E-state index contributed by atoms with van der Waals surface area (Å²) in [5.74, 6) is 1.51. The minimum Gasteiger partial charge on any atom is -0.308 e. The molecule has 0 aromatic carbocycles. The summed E-state index contributed by atoms with van der Waals surface area (Å²) in [6.07, 6.45) is 8.30. The molecule has 1 heterocycles. The zero-order chi connectivity index (χ0) is 14.8. The van der Waals surface area contributed by atoms with Gasteiger partial charge in [0.25, 0.3) is 0 Å². The van der Waals surface area contributed by atoms with Crippen molar-refractivity contribution in [3.8, 4) is 0 Å². The second-order valence-corrected chi connectivity index (χ2v) is 8.82. The van der Waals surface area contributed by atoms with Gasteiger partial charge in [0.05, 0.1) is 0 Å². The summed E-state index contributed by atoms with van der Waals surface area (Å²) in [7, 11) is -0.665. The Balaban J connectivity index is 2.04. The third-order valence-corrected chi connectivity index (χ3v) is 6.13. The highest BCUT2D eigenvalue weighted by Crippen LogP contribution is 2.35. The molecule has 20 heavy (non-hydrogen) atoms. The molecule has 1 aliphatic heterocycles. The number of nitrogens with one attached hydrogen (secondary N) is 1. The van der Waals surface area contributed by atoms with Gasteiger partial charge in [-0.2, -0.15) is 0 Å². The van der Waals surface area contributed by atoms with Crippen LogP contribution in [-0.2, 0) is 10.8 Å². The van der Waals surface area contributed by atoms with Crippen LogP contribution in [0.5, 0.6) is 0 Å². The Kier molecular flexibility index (Phi) is 5.66. The van der Waals surface area contributed by atoms with Crippen LogP contribution in [0.3, 0.4) is 0 Å². The molecule has 0 amide bonds. The van der Waals surface area contributed by atoms with E-state index in [2.05, 4.69) is 31.0 Å². The van der Waals surface area contributed by atoms with E-state index in [1.54, 1.807) is 0 Å². The van der Waals surface area contributed by atoms with Crippen LogP contribution in [0.25, 0.3) is 0 Å². The largest absolute Gasteiger partial charge is 0.308 e. The van der Waals surface area contributed by atoms with Crippen LogP contribution >= 0.6 is 0 Å². The fraction of sp³-hybridized carbons (Fsp3) is 1.00. The molecule has 2 aliphatic rings. The van der Waals surface area contributed by atoms with Crippen molar-refractivity contribution in [1.82, 2.24) is 10.2 Å². The molecule has 3 unspecified atom stereocenters. The molecular weight excluding hydrogens is 268 g/mol. The molecule has 0 aromatic heterocycles. The molecule has 118 valence electrons. The van der Waals surface area contributed by atoms with E-state index in [1.807, 2.05) is 6.26 Å². The number of rotatable bonds is 5. The maximum atomic E-state index is 11.4. The SMILES string of the molecule is CC(C)C1CNC2(CCCC2)CN1C(C)CCS(C)=O. The molecule has 0 aromatic rings. The van der Waals surface area contributed by atoms with E-state index in [-0.39, 0.29) is 0 Å². The van der Waals surface area contributed by atoms with E-state index < -0.39 is 10.8 Å². The van der Waals surface area contributed by atoms with E-state index in [9.17, 15) is 4.21 Å². The standard InChI is InChI=1S/C16H32N2OS/c1-13(2)15-11-17-16(8-5-6-9-16)12-18(15)14(3)7-10-20(4)19/h13-15,17H,5-12H2,1-4H3. The first kappa shape index (κ1) is 16.4. The van der Waals surface area contributed by atoms with Gasteiger partial charge in [0.15, 0.2) is 0 Å². The summed E-state index contributed by atoms with van der Waals surface area (Å²) >= 11 is 0. The lowest BCUT2D eigenvalue weighted by molar-refractivity contribution is 0.0265. The summed E-state index contributed by atoms with van der Waals surface area (Å²) in [5, 5.41) is 3.87. The summed E-state index contributed by atoms with van der Waals surface area (Å²) in [4.78, 5) is 2.72. The minimum absolute atomic E-state index is 0.380. The van der Waals surface area contributed by atoms with Crippen molar-refractivity contribution in [3.05, 3.63) is 0 Å². The Bertz CT molecular complexity index is 339. The van der Waals surface area contributed by atoms with Crippen molar-refractivity contribution in [3.63, 3.8) is 0 Å². The van der Waals surface area contributed by atoms with E-state index in [0.29, 0.717) is 23.5 Å². The molecule has 0 bridgehead atoms. The van der Waals surface area contributed by atoms with Gasteiger partial charge in [-0.25, -0.2) is 0 Å². The smallest absolute Gasteiger partial charge is 0.0309 e. The van der Waals surface area contributed by atoms with Crippen molar-refractivity contribution in [1.29, 1.82) is 0 Å². The minimum atomic E-state index is -0.665. The summed E-state index contributed by atoms with van der Waals surface area (Å²) in [5.41, 5.74) is 0.380. The molecule has 1 saturated heterocycles. The highest BCUT2D eigenvalue weighted by molar-refractivity contribution is 7.84. The van der Waals surface area contributed by atoms with E-state index >= 15 is 0 Å². The van der Waals surface area contributed by atoms with Gasteiger partial charge >= 0.3 is 0 Å². The number of piperazine rings is 1. The van der Waals surface area contributed by atoms with Crippen LogP contribution in [-0.4, -0.2) is 51.8 Å². The molecule has 3 atom stereocenters. The topological polar surface area (TPSA) is 32.3 Å². The zero-order valence-corrected chi connectivity index (χ0v) is 14.5. The predicted octanol–water partition coefficient (Wildman–Crippen LogP) is 2.39. The molecule has 2 fully saturated rings. The van der Waals surface area contributed by atoms with Gasteiger partial charge in [0.1, 0.15) is 0 Å². The van der Waals surface area contributed by atoms with Gasteiger partial charge in [0, 0.05) is 53.5 Å². The second-order valence-electron chi connectivity index (χ2n) is 7.27. The molecule has 1 N–H and O–H groups in total. The zero-order valence-electron chi connectivity index (χ0n) is 13.7. The van der Waals surface area contributed by atoms with Crippen LogP contribution in [0.2, 0.25) is 0 Å². The maximum Gasteiger partial charge on any atom is 0.0309 e. The molecule has 1 spiro atoms. The first-order valence-electron chi connectivity index (χ1n) is 8.24. The molecule has 2 rings (SSSR count). The van der Waals surface area contributed by atoms with Crippen molar-refractivity contribution < 1.29 is 4.21 Å². The van der Waals surface area contributed by atoms with Gasteiger partial charge in [0.2, 0.25) is 0 Å². The first-order valence-corrected chi connectivity index (χ1v) is 9.97. The van der Waals surface area contributed by atoms with Gasteiger partial charge in [-0.05, 0) is 32.1 Å². The Hall–Kier alpha value is 0.0700. The van der Waals surface area contributed by atoms with E-state index in [4.69, 9.17) is 0 Å². The lowest BCUT2D eigenvalue weighted by Gasteiger charge is -2.50. The normalized spacial score (nSPS) is 29.9. The highest BCUT2D eigenvalue weighted by Gasteiger charge is 2.42. The highest BCUT2D eigenvalue weighted by atomic mass is 32.2. The third kappa shape index (κ3) is 3.83. The Morgan fingerprint density at radius 1 is 1.30 bits per heavy atom. The van der Waals surface area contributed by atoms with Gasteiger partial charge in [-0.15, -0.1) is 0 Å². The van der Waals surface area contributed by atoms with Crippen LogP contribution in [0, 0.1) is 5.92 Å². The average Bonchev–Trinajstić information content (AvgIpc) is 2.83. The maximum absolute atomic E-state index is 11.4. The lowest BCUT2D eigenvalue weighted by atomic mass is 9.87. The van der Waals surface area contributed by atoms with Crippen LogP contribution in [0.15, 0.2) is 0 Å². The molecule has 3 nitrogen and oxygen atoms in total. The monoisotopic (exact) mass is 300 g/mol. The van der Waals surface area contributed by atoms with Gasteiger partial charge in [-0.1, -0.05) is 26.7 Å². The van der Waals surface area contributed by atoms with Crippen molar-refractivity contribution in [2.45, 2.75) is 70.5 Å². The quantitative estimate of drug-likeness (QED) is 0.846. The van der Waals surface area contributed by atoms with Crippen LogP contribution < -0.4 is 5.32 Å².